The fraction of sp³-hybridized carbons (Fsp3) is 0.857. The number of aliphatic hydroxyl groups is 4. The summed E-state index contributed by atoms with van der Waals surface area (Å²) in [6.45, 7) is 8.98. The first-order chi connectivity index (χ1) is 18.7. The monoisotopic (exact) mass is 575 g/mol. The molecule has 0 bridgehead atoms. The van der Waals surface area contributed by atoms with Crippen molar-refractivity contribution in [3.8, 4) is 0 Å². The lowest BCUT2D eigenvalue weighted by Gasteiger charge is -2.31. The van der Waals surface area contributed by atoms with E-state index in [-0.39, 0.29) is 0 Å². The molecule has 0 radical (unpaired) electrons. The van der Waals surface area contributed by atoms with Gasteiger partial charge >= 0.3 is 5.97 Å². The van der Waals surface area contributed by atoms with E-state index < -0.39 is 84.5 Å². The van der Waals surface area contributed by atoms with E-state index in [9.17, 15) is 34.5 Å². The molecule has 0 aromatic rings. The fourth-order valence-corrected chi connectivity index (χ4v) is 4.33. The highest BCUT2D eigenvalue weighted by Gasteiger charge is 2.36. The Morgan fingerprint density at radius 2 is 1.20 bits per heavy atom. The van der Waals surface area contributed by atoms with Gasteiger partial charge in [0.1, 0.15) is 18.1 Å². The van der Waals surface area contributed by atoms with Gasteiger partial charge in [-0.15, -0.1) is 0 Å². The Bertz CT molecular complexity index is 778. The number of carbonyl (C=O) groups excluding carboxylic acids is 3. The van der Waals surface area contributed by atoms with Crippen LogP contribution >= 0.6 is 0 Å². The van der Waals surface area contributed by atoms with Crippen molar-refractivity contribution in [2.75, 3.05) is 6.61 Å². The zero-order valence-corrected chi connectivity index (χ0v) is 24.9. The average molecular weight is 576 g/mol. The van der Waals surface area contributed by atoms with Crippen molar-refractivity contribution in [1.29, 1.82) is 0 Å². The van der Waals surface area contributed by atoms with E-state index in [1.807, 2.05) is 5.32 Å². The number of carboxylic acid groups (broad SMARTS) is 1. The second kappa shape index (κ2) is 19.7. The number of carbonyl (C=O) groups is 4. The van der Waals surface area contributed by atoms with E-state index in [0.717, 1.165) is 25.7 Å². The molecule has 0 rings (SSSR count). The Morgan fingerprint density at radius 3 is 1.68 bits per heavy atom. The standard InChI is InChI=1S/C28H53N3O9/c1-7-8-9-10-11-12-13-14-21(34)17(4)24(35)18(5)25(36)30-22(16(2)3)26(37)31-23(19(6)33)27(38)29-20(15-32)28(39)40/h16-24,32-35H,7-15H2,1-6H3,(H,29,38)(H,30,36)(H,31,37)(H,39,40). The third-order valence-electron chi connectivity index (χ3n) is 7.28. The van der Waals surface area contributed by atoms with Gasteiger partial charge in [-0.3, -0.25) is 14.4 Å². The van der Waals surface area contributed by atoms with E-state index in [0.29, 0.717) is 6.42 Å². The zero-order chi connectivity index (χ0) is 31.0. The smallest absolute Gasteiger partial charge is 0.328 e. The molecule has 8 unspecified atom stereocenters. The summed E-state index contributed by atoms with van der Waals surface area (Å²) in [7, 11) is 0. The first-order valence-electron chi connectivity index (χ1n) is 14.5. The summed E-state index contributed by atoms with van der Waals surface area (Å²) in [5.41, 5.74) is 0. The summed E-state index contributed by atoms with van der Waals surface area (Å²) < 4.78 is 0. The highest BCUT2D eigenvalue weighted by molar-refractivity contribution is 5.94. The lowest BCUT2D eigenvalue weighted by Crippen LogP contribution is -2.60. The van der Waals surface area contributed by atoms with Gasteiger partial charge in [0.2, 0.25) is 17.7 Å². The van der Waals surface area contributed by atoms with E-state index in [2.05, 4.69) is 17.6 Å². The molecule has 0 aliphatic carbocycles. The van der Waals surface area contributed by atoms with Gasteiger partial charge in [0.05, 0.1) is 30.8 Å². The molecule has 12 heteroatoms. The van der Waals surface area contributed by atoms with Gasteiger partial charge in [0.25, 0.3) is 0 Å². The van der Waals surface area contributed by atoms with E-state index in [4.69, 9.17) is 10.2 Å². The Balaban J connectivity index is 5.13. The second-order valence-corrected chi connectivity index (χ2v) is 11.2. The Labute approximate surface area is 238 Å². The molecule has 0 saturated heterocycles. The summed E-state index contributed by atoms with van der Waals surface area (Å²) in [4.78, 5) is 49.6. The molecule has 234 valence electrons. The predicted molar refractivity (Wildman–Crippen MR) is 150 cm³/mol. The molecular weight excluding hydrogens is 522 g/mol. The molecule has 0 aliphatic rings. The lowest BCUT2D eigenvalue weighted by molar-refractivity contribution is -0.144. The van der Waals surface area contributed by atoms with Gasteiger partial charge in [-0.1, -0.05) is 79.6 Å². The number of amides is 3. The Morgan fingerprint density at radius 1 is 0.700 bits per heavy atom. The molecule has 0 heterocycles. The third-order valence-corrected chi connectivity index (χ3v) is 7.28. The molecule has 0 fully saturated rings. The molecule has 3 amide bonds. The molecule has 0 spiro atoms. The van der Waals surface area contributed by atoms with Crippen molar-refractivity contribution >= 4 is 23.7 Å². The second-order valence-electron chi connectivity index (χ2n) is 11.2. The summed E-state index contributed by atoms with van der Waals surface area (Å²) in [5.74, 6) is -5.92. The topological polar surface area (TPSA) is 206 Å². The summed E-state index contributed by atoms with van der Waals surface area (Å²) in [6.07, 6.45) is 4.83. The molecule has 0 aliphatic heterocycles. The highest BCUT2D eigenvalue weighted by Crippen LogP contribution is 2.21. The number of rotatable bonds is 21. The van der Waals surface area contributed by atoms with E-state index in [1.165, 1.54) is 33.1 Å². The quantitative estimate of drug-likeness (QED) is 0.0905. The van der Waals surface area contributed by atoms with Gasteiger partial charge < -0.3 is 41.5 Å². The number of carboxylic acids is 1. The normalized spacial score (nSPS) is 17.6. The number of aliphatic hydroxyl groups excluding tert-OH is 4. The maximum Gasteiger partial charge on any atom is 0.328 e. The van der Waals surface area contributed by atoms with E-state index in [1.54, 1.807) is 20.8 Å². The summed E-state index contributed by atoms with van der Waals surface area (Å²) in [6, 6.07) is -4.32. The average Bonchev–Trinajstić information content (AvgIpc) is 2.90. The predicted octanol–water partition coefficient (Wildman–Crippen LogP) is 0.689. The third kappa shape index (κ3) is 13.4. The van der Waals surface area contributed by atoms with Crippen LogP contribution in [0.25, 0.3) is 0 Å². The van der Waals surface area contributed by atoms with Crippen LogP contribution in [-0.2, 0) is 19.2 Å². The largest absolute Gasteiger partial charge is 0.480 e. The van der Waals surface area contributed by atoms with Gasteiger partial charge in [0, 0.05) is 5.92 Å². The first kappa shape index (κ1) is 37.7. The van der Waals surface area contributed by atoms with Crippen LogP contribution in [-0.4, -0.2) is 92.3 Å². The SMILES string of the molecule is CCCCCCCCCC(O)C(C)C(O)C(C)C(=O)NC(C(=O)NC(C(=O)NC(CO)C(=O)O)C(C)O)C(C)C. The maximum absolute atomic E-state index is 13.0. The van der Waals surface area contributed by atoms with E-state index >= 15 is 0 Å². The van der Waals surface area contributed by atoms with Crippen molar-refractivity contribution in [2.45, 2.75) is 129 Å². The molecule has 0 aromatic heterocycles. The Hall–Kier alpha value is -2.28. The number of aliphatic carboxylic acids is 1. The van der Waals surface area contributed by atoms with Crippen LogP contribution in [0.4, 0.5) is 0 Å². The fourth-order valence-electron chi connectivity index (χ4n) is 4.33. The molecule has 8 atom stereocenters. The van der Waals surface area contributed by atoms with Crippen molar-refractivity contribution < 1.29 is 44.7 Å². The zero-order valence-electron chi connectivity index (χ0n) is 24.9. The van der Waals surface area contributed by atoms with Crippen LogP contribution in [0.3, 0.4) is 0 Å². The van der Waals surface area contributed by atoms with Crippen LogP contribution in [0.1, 0.15) is 92.9 Å². The number of hydrogen-bond acceptors (Lipinski definition) is 8. The van der Waals surface area contributed by atoms with Gasteiger partial charge in [0.15, 0.2) is 0 Å². The first-order valence-corrected chi connectivity index (χ1v) is 14.5. The van der Waals surface area contributed by atoms with Gasteiger partial charge in [-0.25, -0.2) is 4.79 Å². The van der Waals surface area contributed by atoms with Crippen LogP contribution < -0.4 is 16.0 Å². The van der Waals surface area contributed by atoms with Crippen LogP contribution in [0.5, 0.6) is 0 Å². The molecule has 40 heavy (non-hydrogen) atoms. The van der Waals surface area contributed by atoms with Crippen molar-refractivity contribution in [2.24, 2.45) is 17.8 Å². The molecule has 12 nitrogen and oxygen atoms in total. The molecular formula is C28H53N3O9. The van der Waals surface area contributed by atoms with Crippen molar-refractivity contribution in [3.05, 3.63) is 0 Å². The molecule has 0 aromatic carbocycles. The number of hydrogen-bond donors (Lipinski definition) is 8. The number of unbranched alkanes of at least 4 members (excludes halogenated alkanes) is 6. The lowest BCUT2D eigenvalue weighted by atomic mass is 9.86. The minimum absolute atomic E-state index is 0.449. The summed E-state index contributed by atoms with van der Waals surface area (Å²) >= 11 is 0. The van der Waals surface area contributed by atoms with Crippen LogP contribution in [0.2, 0.25) is 0 Å². The minimum Gasteiger partial charge on any atom is -0.480 e. The van der Waals surface area contributed by atoms with Crippen molar-refractivity contribution in [3.63, 3.8) is 0 Å². The van der Waals surface area contributed by atoms with Crippen molar-refractivity contribution in [1.82, 2.24) is 16.0 Å². The molecule has 0 saturated carbocycles. The van der Waals surface area contributed by atoms with Crippen LogP contribution in [0.15, 0.2) is 0 Å². The minimum atomic E-state index is -1.63. The van der Waals surface area contributed by atoms with Gasteiger partial charge in [-0.05, 0) is 19.3 Å². The number of nitrogens with one attached hydrogen (secondary N) is 3. The van der Waals surface area contributed by atoms with Crippen LogP contribution in [0, 0.1) is 17.8 Å². The highest BCUT2D eigenvalue weighted by atomic mass is 16.4. The summed E-state index contributed by atoms with van der Waals surface area (Å²) in [5, 5.41) is 56.5. The maximum atomic E-state index is 13.0. The van der Waals surface area contributed by atoms with Gasteiger partial charge in [-0.2, -0.15) is 0 Å². The Kier molecular flexibility index (Phi) is 18.6. The molecule has 8 N–H and O–H groups in total.